The summed E-state index contributed by atoms with van der Waals surface area (Å²) in [6.07, 6.45) is 0. The minimum Gasteiger partial charge on any atom is -0.248 e. The Morgan fingerprint density at radius 3 is 1.29 bits per heavy atom. The van der Waals surface area contributed by atoms with Crippen LogP contribution < -0.4 is 0 Å². The fraction of sp³-hybridized carbons (Fsp3) is 0. The molecule has 48 heavy (non-hydrogen) atoms. The van der Waals surface area contributed by atoms with Gasteiger partial charge >= 0.3 is 0 Å². The summed E-state index contributed by atoms with van der Waals surface area (Å²) >= 11 is 0. The van der Waals surface area contributed by atoms with Crippen LogP contribution in [0.3, 0.4) is 0 Å². The van der Waals surface area contributed by atoms with Crippen LogP contribution in [0.25, 0.3) is 89.0 Å². The molecule has 0 atom stereocenters. The summed E-state index contributed by atoms with van der Waals surface area (Å²) in [7, 11) is 0. The molecule has 0 unspecified atom stereocenters. The molecule has 2 heterocycles. The van der Waals surface area contributed by atoms with Crippen LogP contribution in [0.2, 0.25) is 0 Å². The fourth-order valence-corrected chi connectivity index (χ4v) is 6.65. The lowest BCUT2D eigenvalue weighted by molar-refractivity contribution is 1.08. The van der Waals surface area contributed by atoms with E-state index in [-0.39, 0.29) is 0 Å². The lowest BCUT2D eigenvalue weighted by Crippen LogP contribution is -2.01. The first-order valence-corrected chi connectivity index (χ1v) is 16.1. The maximum absolute atomic E-state index is 5.19. The molecule has 9 aromatic rings. The van der Waals surface area contributed by atoms with Gasteiger partial charge in [0.05, 0.1) is 11.4 Å². The molecule has 0 radical (unpaired) electrons. The number of hydrogen-bond acceptors (Lipinski definition) is 4. The fourth-order valence-electron chi connectivity index (χ4n) is 6.65. The standard InChI is InChI=1S/C44H28N4/c1-4-15-29(16-5-1)39-25-14-26-40(45-39)32-27-37-35-23-11-10-21-33(35)34-22-12-13-24-36(34)41(37)38(28-32)44-47-42(30-17-6-2-7-18-30)46-43(48-44)31-19-8-3-9-20-31/h1-28H. The summed E-state index contributed by atoms with van der Waals surface area (Å²) in [5.41, 5.74) is 6.70. The average Bonchev–Trinajstić information content (AvgIpc) is 3.18. The molecule has 224 valence electrons. The highest BCUT2D eigenvalue weighted by atomic mass is 15.0. The van der Waals surface area contributed by atoms with Crippen molar-refractivity contribution in [2.45, 2.75) is 0 Å². The van der Waals surface area contributed by atoms with Gasteiger partial charge in [-0.1, -0.05) is 146 Å². The Balaban J connectivity index is 1.40. The first kappa shape index (κ1) is 27.8. The smallest absolute Gasteiger partial charge is 0.164 e. The van der Waals surface area contributed by atoms with Gasteiger partial charge in [0.1, 0.15) is 0 Å². The van der Waals surface area contributed by atoms with Gasteiger partial charge < -0.3 is 0 Å². The lowest BCUT2D eigenvalue weighted by Gasteiger charge is -2.17. The third kappa shape index (κ3) is 4.88. The van der Waals surface area contributed by atoms with E-state index >= 15 is 0 Å². The molecule has 0 aliphatic carbocycles. The van der Waals surface area contributed by atoms with Crippen LogP contribution >= 0.6 is 0 Å². The molecule has 7 aromatic carbocycles. The van der Waals surface area contributed by atoms with E-state index in [0.29, 0.717) is 17.5 Å². The average molecular weight is 613 g/mol. The second-order valence-electron chi connectivity index (χ2n) is 11.8. The molecule has 0 aliphatic rings. The predicted molar refractivity (Wildman–Crippen MR) is 197 cm³/mol. The Hall–Kier alpha value is -6.52. The minimum absolute atomic E-state index is 0.620. The molecule has 0 saturated heterocycles. The molecule has 4 nitrogen and oxygen atoms in total. The van der Waals surface area contributed by atoms with E-state index in [1.165, 1.54) is 16.2 Å². The summed E-state index contributed by atoms with van der Waals surface area (Å²) < 4.78 is 0. The van der Waals surface area contributed by atoms with Gasteiger partial charge in [-0.3, -0.25) is 0 Å². The van der Waals surface area contributed by atoms with Gasteiger partial charge in [0.2, 0.25) is 0 Å². The third-order valence-electron chi connectivity index (χ3n) is 8.90. The maximum atomic E-state index is 5.19. The van der Waals surface area contributed by atoms with Gasteiger partial charge in [0.15, 0.2) is 17.5 Å². The van der Waals surface area contributed by atoms with E-state index < -0.39 is 0 Å². The Morgan fingerprint density at radius 1 is 0.271 bits per heavy atom. The van der Waals surface area contributed by atoms with Gasteiger partial charge in [-0.25, -0.2) is 19.9 Å². The molecular weight excluding hydrogens is 585 g/mol. The molecule has 4 heteroatoms. The largest absolute Gasteiger partial charge is 0.248 e. The molecule has 0 saturated carbocycles. The predicted octanol–water partition coefficient (Wildman–Crippen LogP) is 11.1. The summed E-state index contributed by atoms with van der Waals surface area (Å²) in [5, 5.41) is 6.97. The highest BCUT2D eigenvalue weighted by Gasteiger charge is 2.20. The van der Waals surface area contributed by atoms with Gasteiger partial charge in [-0.2, -0.15) is 0 Å². The Morgan fingerprint density at radius 2 is 0.708 bits per heavy atom. The zero-order chi connectivity index (χ0) is 31.9. The third-order valence-corrected chi connectivity index (χ3v) is 8.90. The topological polar surface area (TPSA) is 51.6 Å². The minimum atomic E-state index is 0.620. The van der Waals surface area contributed by atoms with Crippen LogP contribution in [-0.2, 0) is 0 Å². The van der Waals surface area contributed by atoms with Gasteiger partial charge in [0.25, 0.3) is 0 Å². The monoisotopic (exact) mass is 612 g/mol. The molecular formula is C44H28N4. The van der Waals surface area contributed by atoms with Crippen molar-refractivity contribution in [1.29, 1.82) is 0 Å². The van der Waals surface area contributed by atoms with Crippen LogP contribution in [0, 0.1) is 0 Å². The van der Waals surface area contributed by atoms with Crippen molar-refractivity contribution in [3.8, 4) is 56.7 Å². The van der Waals surface area contributed by atoms with E-state index in [1.807, 2.05) is 78.9 Å². The van der Waals surface area contributed by atoms with E-state index in [1.54, 1.807) is 0 Å². The van der Waals surface area contributed by atoms with Crippen LogP contribution in [0.5, 0.6) is 0 Å². The van der Waals surface area contributed by atoms with E-state index in [4.69, 9.17) is 19.9 Å². The van der Waals surface area contributed by atoms with Gasteiger partial charge in [0, 0.05) is 33.2 Å². The molecule has 0 N–H and O–H groups in total. The number of benzene rings is 7. The maximum Gasteiger partial charge on any atom is 0.164 e. The Kier molecular flexibility index (Phi) is 6.76. The van der Waals surface area contributed by atoms with Gasteiger partial charge in [-0.15, -0.1) is 0 Å². The van der Waals surface area contributed by atoms with Gasteiger partial charge in [-0.05, 0) is 51.2 Å². The van der Waals surface area contributed by atoms with Crippen LogP contribution in [0.4, 0.5) is 0 Å². The van der Waals surface area contributed by atoms with Crippen LogP contribution in [0.1, 0.15) is 0 Å². The van der Waals surface area contributed by atoms with Crippen molar-refractivity contribution in [3.63, 3.8) is 0 Å². The van der Waals surface area contributed by atoms with Crippen molar-refractivity contribution >= 4 is 32.3 Å². The van der Waals surface area contributed by atoms with E-state index in [2.05, 4.69) is 91.0 Å². The zero-order valence-electron chi connectivity index (χ0n) is 26.0. The summed E-state index contributed by atoms with van der Waals surface area (Å²) in [5.74, 6) is 1.88. The van der Waals surface area contributed by atoms with Crippen LogP contribution in [0.15, 0.2) is 170 Å². The number of nitrogens with zero attached hydrogens (tertiary/aromatic N) is 4. The first-order valence-electron chi connectivity index (χ1n) is 16.1. The van der Waals surface area contributed by atoms with Crippen molar-refractivity contribution in [1.82, 2.24) is 19.9 Å². The number of aromatic nitrogens is 4. The molecule has 0 bridgehead atoms. The molecule has 0 fully saturated rings. The molecule has 2 aromatic heterocycles. The molecule has 0 aliphatic heterocycles. The Bertz CT molecular complexity index is 2540. The number of hydrogen-bond donors (Lipinski definition) is 0. The SMILES string of the molecule is c1ccc(-c2cccc(-c3cc(-c4nc(-c5ccccc5)nc(-c5ccccc5)n4)c4c5ccccc5c5ccccc5c4c3)n2)cc1. The summed E-state index contributed by atoms with van der Waals surface area (Å²) in [4.78, 5) is 20.5. The van der Waals surface area contributed by atoms with Crippen molar-refractivity contribution < 1.29 is 0 Å². The number of rotatable bonds is 5. The number of pyridine rings is 1. The van der Waals surface area contributed by atoms with E-state index in [9.17, 15) is 0 Å². The zero-order valence-corrected chi connectivity index (χ0v) is 26.0. The quantitative estimate of drug-likeness (QED) is 0.181. The van der Waals surface area contributed by atoms with Crippen LogP contribution in [-0.4, -0.2) is 19.9 Å². The second kappa shape index (κ2) is 11.7. The highest BCUT2D eigenvalue weighted by Crippen LogP contribution is 2.42. The highest BCUT2D eigenvalue weighted by molar-refractivity contribution is 6.28. The Labute approximate surface area is 278 Å². The van der Waals surface area contributed by atoms with E-state index in [0.717, 1.165) is 55.4 Å². The molecule has 0 amide bonds. The summed E-state index contributed by atoms with van der Waals surface area (Å²) in [6, 6.07) is 58.6. The lowest BCUT2D eigenvalue weighted by atomic mass is 9.89. The molecule has 9 rings (SSSR count). The van der Waals surface area contributed by atoms with Crippen molar-refractivity contribution in [2.24, 2.45) is 0 Å². The first-order chi connectivity index (χ1) is 23.8. The normalized spacial score (nSPS) is 11.3. The number of fused-ring (bicyclic) bond motifs is 6. The second-order valence-corrected chi connectivity index (χ2v) is 11.8. The van der Waals surface area contributed by atoms with Crippen molar-refractivity contribution in [2.75, 3.05) is 0 Å². The summed E-state index contributed by atoms with van der Waals surface area (Å²) in [6.45, 7) is 0. The molecule has 0 spiro atoms. The van der Waals surface area contributed by atoms with Crippen molar-refractivity contribution in [3.05, 3.63) is 170 Å².